The van der Waals surface area contributed by atoms with E-state index in [4.69, 9.17) is 40.4 Å². The number of phenolic OH excluding ortho intramolecular Hbond substituents is 2. The lowest BCUT2D eigenvalue weighted by molar-refractivity contribution is 0.324. The maximum Gasteiger partial charge on any atom is 0.238 e. The van der Waals surface area contributed by atoms with Crippen LogP contribution in [0.2, 0.25) is 5.28 Å². The predicted molar refractivity (Wildman–Crippen MR) is 220 cm³/mol. The SMILES string of the molecule is COc1cc(Nc2ncnc(-n3ccc4cc(O)ccc43)n2)cc(OC)c1OC.COc1cc(Nc2ncnc(Cl)n2)cc(C)c1OC.Oc1ccc2[nH]ccc2c1. The minimum Gasteiger partial charge on any atom is -0.508 e. The van der Waals surface area contributed by atoms with Gasteiger partial charge in [-0.25, -0.2) is 19.9 Å². The van der Waals surface area contributed by atoms with Gasteiger partial charge in [0, 0.05) is 58.3 Å². The summed E-state index contributed by atoms with van der Waals surface area (Å²) in [5.41, 5.74) is 4.30. The number of aromatic hydroxyl groups is 2. The molecule has 0 fully saturated rings. The summed E-state index contributed by atoms with van der Waals surface area (Å²) in [5, 5.41) is 26.9. The fourth-order valence-electron chi connectivity index (χ4n) is 5.78. The Morgan fingerprint density at radius 2 is 1.21 bits per heavy atom. The molecule has 5 N–H and O–H groups in total. The van der Waals surface area contributed by atoms with Crippen molar-refractivity contribution < 1.29 is 33.9 Å². The minimum absolute atomic E-state index is 0.134. The third-order valence-corrected chi connectivity index (χ3v) is 8.55. The van der Waals surface area contributed by atoms with Gasteiger partial charge in [-0.2, -0.15) is 9.97 Å². The third-order valence-electron chi connectivity index (χ3n) is 8.37. The largest absolute Gasteiger partial charge is 0.508 e. The number of aromatic nitrogens is 8. The number of methoxy groups -OCH3 is 5. The maximum atomic E-state index is 9.65. The minimum atomic E-state index is 0.134. The smallest absolute Gasteiger partial charge is 0.238 e. The number of phenols is 2. The Balaban J connectivity index is 0.000000166. The van der Waals surface area contributed by atoms with Crippen LogP contribution in [0.25, 0.3) is 27.8 Å². The van der Waals surface area contributed by atoms with Crippen LogP contribution in [0.15, 0.2) is 97.8 Å². The fourth-order valence-corrected chi connectivity index (χ4v) is 5.91. The van der Waals surface area contributed by atoms with Gasteiger partial charge in [-0.15, -0.1) is 0 Å². The summed E-state index contributed by atoms with van der Waals surface area (Å²) in [6, 6.07) is 21.4. The summed E-state index contributed by atoms with van der Waals surface area (Å²) in [6.07, 6.45) is 6.45. The van der Waals surface area contributed by atoms with Gasteiger partial charge >= 0.3 is 0 Å². The average molecular weight is 807 g/mol. The van der Waals surface area contributed by atoms with Gasteiger partial charge in [0.1, 0.15) is 24.2 Å². The highest BCUT2D eigenvalue weighted by atomic mass is 35.5. The zero-order valence-corrected chi connectivity index (χ0v) is 32.9. The molecule has 58 heavy (non-hydrogen) atoms. The summed E-state index contributed by atoms with van der Waals surface area (Å²) in [6.45, 7) is 1.92. The summed E-state index contributed by atoms with van der Waals surface area (Å²) in [4.78, 5) is 27.6. The number of aromatic amines is 1. The quantitative estimate of drug-likeness (QED) is 0.0895. The molecule has 0 bridgehead atoms. The first kappa shape index (κ1) is 40.1. The molecule has 0 unspecified atom stereocenters. The van der Waals surface area contributed by atoms with Crippen LogP contribution in [-0.2, 0) is 0 Å². The number of aryl methyl sites for hydroxylation is 1. The van der Waals surface area contributed by atoms with Crippen molar-refractivity contribution in [3.05, 3.63) is 109 Å². The van der Waals surface area contributed by atoms with Gasteiger partial charge in [0.25, 0.3) is 0 Å². The Bertz CT molecular complexity index is 2630. The molecule has 4 aromatic carbocycles. The lowest BCUT2D eigenvalue weighted by Crippen LogP contribution is -2.05. The molecule has 0 saturated heterocycles. The molecule has 8 aromatic rings. The number of nitrogens with zero attached hydrogens (tertiary/aromatic N) is 7. The van der Waals surface area contributed by atoms with Crippen LogP contribution in [0.1, 0.15) is 5.56 Å². The molecule has 4 aromatic heterocycles. The first-order chi connectivity index (χ1) is 28.1. The number of nitrogens with one attached hydrogen (secondary N) is 3. The summed E-state index contributed by atoms with van der Waals surface area (Å²) in [5.74, 6) is 4.53. The van der Waals surface area contributed by atoms with Gasteiger partial charge in [0.05, 0.1) is 41.1 Å². The van der Waals surface area contributed by atoms with E-state index in [1.165, 1.54) is 12.7 Å². The van der Waals surface area contributed by atoms with Gasteiger partial charge in [-0.1, -0.05) is 0 Å². The first-order valence-electron chi connectivity index (χ1n) is 17.3. The number of benzene rings is 4. The second kappa shape index (κ2) is 18.4. The lowest BCUT2D eigenvalue weighted by Gasteiger charge is -2.14. The molecular weight excluding hydrogens is 768 g/mol. The van der Waals surface area contributed by atoms with E-state index < -0.39 is 0 Å². The Morgan fingerprint density at radius 3 is 1.84 bits per heavy atom. The molecule has 0 atom stereocenters. The Kier molecular flexibility index (Phi) is 12.7. The first-order valence-corrected chi connectivity index (χ1v) is 17.7. The van der Waals surface area contributed by atoms with Crippen molar-refractivity contribution in [3.63, 3.8) is 0 Å². The maximum absolute atomic E-state index is 9.65. The molecule has 4 heterocycles. The predicted octanol–water partition coefficient (Wildman–Crippen LogP) is 7.76. The zero-order valence-electron chi connectivity index (χ0n) is 32.2. The number of ether oxygens (including phenoxy) is 5. The van der Waals surface area contributed by atoms with Crippen molar-refractivity contribution in [2.24, 2.45) is 0 Å². The van der Waals surface area contributed by atoms with Crippen molar-refractivity contribution in [2.75, 3.05) is 46.2 Å². The van der Waals surface area contributed by atoms with Crippen molar-refractivity contribution in [3.8, 4) is 46.2 Å². The van der Waals surface area contributed by atoms with Crippen molar-refractivity contribution >= 4 is 56.7 Å². The number of H-pyrrole nitrogens is 1. The Labute approximate surface area is 337 Å². The van der Waals surface area contributed by atoms with E-state index >= 15 is 0 Å². The highest BCUT2D eigenvalue weighted by molar-refractivity contribution is 6.28. The topological polar surface area (TPSA) is 209 Å². The van der Waals surface area contributed by atoms with Gasteiger partial charge < -0.3 is 49.5 Å². The molecule has 0 aliphatic heterocycles. The molecule has 298 valence electrons. The van der Waals surface area contributed by atoms with Crippen molar-refractivity contribution in [2.45, 2.75) is 6.92 Å². The van der Waals surface area contributed by atoms with Gasteiger partial charge in [0.15, 0.2) is 23.0 Å². The van der Waals surface area contributed by atoms with E-state index in [0.29, 0.717) is 58.0 Å². The molecule has 0 radical (unpaired) electrons. The van der Waals surface area contributed by atoms with Crippen molar-refractivity contribution in [1.82, 2.24) is 39.5 Å². The fraction of sp³-hybridized carbons (Fsp3) is 0.150. The van der Waals surface area contributed by atoms with Crippen LogP contribution in [0.3, 0.4) is 0 Å². The highest BCUT2D eigenvalue weighted by Crippen LogP contribution is 2.40. The van der Waals surface area contributed by atoms with Crippen molar-refractivity contribution in [1.29, 1.82) is 0 Å². The van der Waals surface area contributed by atoms with Crippen LogP contribution in [0.4, 0.5) is 23.3 Å². The van der Waals surface area contributed by atoms with Crippen LogP contribution >= 0.6 is 11.6 Å². The molecule has 0 aliphatic carbocycles. The van der Waals surface area contributed by atoms with Gasteiger partial charge in [0.2, 0.25) is 28.9 Å². The molecule has 8 rings (SSSR count). The van der Waals surface area contributed by atoms with E-state index in [0.717, 1.165) is 33.1 Å². The van der Waals surface area contributed by atoms with E-state index in [1.54, 1.807) is 84.1 Å². The van der Waals surface area contributed by atoms with Gasteiger partial charge in [-0.05, 0) is 78.7 Å². The number of hydrogen-bond donors (Lipinski definition) is 5. The summed E-state index contributed by atoms with van der Waals surface area (Å²) in [7, 11) is 7.84. The monoisotopic (exact) mass is 806 g/mol. The molecule has 17 nitrogen and oxygen atoms in total. The molecular formula is C40H39ClN10O7. The highest BCUT2D eigenvalue weighted by Gasteiger charge is 2.15. The lowest BCUT2D eigenvalue weighted by atomic mass is 10.2. The molecule has 0 amide bonds. The van der Waals surface area contributed by atoms with E-state index in [9.17, 15) is 5.11 Å². The second-order valence-electron chi connectivity index (χ2n) is 12.1. The number of fused-ring (bicyclic) bond motifs is 2. The van der Waals surface area contributed by atoms with Crippen LogP contribution in [0, 0.1) is 6.92 Å². The van der Waals surface area contributed by atoms with E-state index in [2.05, 4.69) is 45.5 Å². The van der Waals surface area contributed by atoms with Crippen LogP contribution in [0.5, 0.6) is 40.2 Å². The second-order valence-corrected chi connectivity index (χ2v) is 12.4. The number of halogens is 1. The number of anilines is 4. The summed E-state index contributed by atoms with van der Waals surface area (Å²) < 4.78 is 28.5. The zero-order chi connectivity index (χ0) is 41.2. The Hall–Kier alpha value is -7.53. The third kappa shape index (κ3) is 9.46. The normalized spacial score (nSPS) is 10.5. The summed E-state index contributed by atoms with van der Waals surface area (Å²) >= 11 is 5.70. The number of rotatable bonds is 10. The van der Waals surface area contributed by atoms with Crippen LogP contribution < -0.4 is 34.3 Å². The molecule has 18 heteroatoms. The van der Waals surface area contributed by atoms with E-state index in [1.807, 2.05) is 48.1 Å². The Morgan fingerprint density at radius 1 is 0.621 bits per heavy atom. The average Bonchev–Trinajstić information content (AvgIpc) is 3.87. The molecule has 0 aliphatic rings. The molecule has 0 saturated carbocycles. The standard InChI is InChI=1S/C20H19N5O4.C12H13ClN4O2.C8H7NO/c1-27-16-9-13(10-17(28-2)18(16)29-3)23-19-21-11-22-20(24-19)25-7-6-12-8-14(26)4-5-15(12)25;1-7-4-8(5-9(18-2)10(7)19-3)16-12-15-6-14-11(13)17-12;10-7-1-2-8-6(5-7)3-4-9-8/h4-11,26H,1-3H3,(H,21,22,23,24);4-6H,1-3H3,(H,14,15,16,17);1-5,9-10H. The van der Waals surface area contributed by atoms with Gasteiger partial charge in [-0.3, -0.25) is 4.57 Å². The number of hydrogen-bond acceptors (Lipinski definition) is 15. The van der Waals surface area contributed by atoms with Crippen LogP contribution in [-0.4, -0.2) is 85.2 Å². The molecule has 0 spiro atoms. The van der Waals surface area contributed by atoms with E-state index in [-0.39, 0.29) is 11.0 Å².